The van der Waals surface area contributed by atoms with Gasteiger partial charge in [-0.25, -0.2) is 13.1 Å². The minimum absolute atomic E-state index is 0.156. The van der Waals surface area contributed by atoms with Crippen molar-refractivity contribution < 1.29 is 13.2 Å². The van der Waals surface area contributed by atoms with Crippen LogP contribution >= 0.6 is 0 Å². The van der Waals surface area contributed by atoms with E-state index in [9.17, 15) is 13.2 Å². The summed E-state index contributed by atoms with van der Waals surface area (Å²) in [4.78, 5) is 12.8. The van der Waals surface area contributed by atoms with Gasteiger partial charge in [0.15, 0.2) is 0 Å². The maximum Gasteiger partial charge on any atom is 0.251 e. The fourth-order valence-corrected chi connectivity index (χ4v) is 4.61. The molecule has 0 atom stereocenters. The zero-order valence-corrected chi connectivity index (χ0v) is 19.3. The monoisotopic (exact) mass is 440 g/mol. The van der Waals surface area contributed by atoms with Crippen LogP contribution in [0.3, 0.4) is 0 Å². The molecule has 31 heavy (non-hydrogen) atoms. The Bertz CT molecular complexity index is 1170. The molecule has 0 saturated carbocycles. The van der Waals surface area contributed by atoms with E-state index in [1.807, 2.05) is 62.7 Å². The fourth-order valence-electron chi connectivity index (χ4n) is 3.24. The van der Waals surface area contributed by atoms with E-state index in [4.69, 9.17) is 0 Å². The maximum atomic E-state index is 12.6. The number of para-hydroxylation sites is 1. The van der Waals surface area contributed by atoms with Gasteiger partial charge in [0.25, 0.3) is 5.91 Å². The second-order valence-corrected chi connectivity index (χ2v) is 9.72. The Morgan fingerprint density at radius 3 is 2.26 bits per heavy atom. The van der Waals surface area contributed by atoms with Crippen molar-refractivity contribution in [3.8, 4) is 5.69 Å². The average Bonchev–Trinajstić information content (AvgIpc) is 3.05. The molecule has 0 saturated heterocycles. The van der Waals surface area contributed by atoms with Crippen LogP contribution in [0.25, 0.3) is 5.69 Å². The zero-order chi connectivity index (χ0) is 22.8. The van der Waals surface area contributed by atoms with Crippen molar-refractivity contribution in [1.82, 2.24) is 19.4 Å². The number of hydrogen-bond donors (Lipinski definition) is 1. The molecule has 0 aliphatic rings. The number of benzene rings is 2. The molecule has 0 radical (unpaired) electrons. The van der Waals surface area contributed by atoms with Gasteiger partial charge in [-0.15, -0.1) is 0 Å². The summed E-state index contributed by atoms with van der Waals surface area (Å²) in [6, 6.07) is 15.7. The van der Waals surface area contributed by atoms with Gasteiger partial charge in [0.1, 0.15) is 0 Å². The molecule has 0 fully saturated rings. The quantitative estimate of drug-likeness (QED) is 0.610. The largest absolute Gasteiger partial charge is 0.348 e. The lowest BCUT2D eigenvalue weighted by molar-refractivity contribution is 0.0950. The predicted molar refractivity (Wildman–Crippen MR) is 121 cm³/mol. The Morgan fingerprint density at radius 2 is 1.68 bits per heavy atom. The summed E-state index contributed by atoms with van der Waals surface area (Å²) < 4.78 is 28.3. The van der Waals surface area contributed by atoms with Crippen LogP contribution in [0.4, 0.5) is 0 Å². The minimum Gasteiger partial charge on any atom is -0.348 e. The summed E-state index contributed by atoms with van der Waals surface area (Å²) in [6.45, 7) is 7.84. The third-order valence-electron chi connectivity index (χ3n) is 5.39. The molecule has 8 heteroatoms. The summed E-state index contributed by atoms with van der Waals surface area (Å²) in [6.07, 6.45) is 0. The lowest BCUT2D eigenvalue weighted by atomic mass is 10.1. The van der Waals surface area contributed by atoms with Crippen molar-refractivity contribution in [3.63, 3.8) is 0 Å². The summed E-state index contributed by atoms with van der Waals surface area (Å²) in [5, 5.41) is 7.50. The highest BCUT2D eigenvalue weighted by atomic mass is 32.2. The Hall–Kier alpha value is -2.97. The highest BCUT2D eigenvalue weighted by Gasteiger charge is 2.23. The molecule has 7 nitrogen and oxygen atoms in total. The normalized spacial score (nSPS) is 11.8. The molecule has 0 spiro atoms. The number of nitrogens with zero attached hydrogens (tertiary/aromatic N) is 3. The molecule has 0 bridgehead atoms. The van der Waals surface area contributed by atoms with Gasteiger partial charge in [-0.05, 0) is 64.1 Å². The number of nitrogens with one attached hydrogen (secondary N) is 1. The summed E-state index contributed by atoms with van der Waals surface area (Å²) in [5.74, 6) is -0.271. The standard InChI is InChI=1S/C23H28N4O3S/c1-16(2)26(5)31(29,30)21-13-11-19(12-14-21)23(28)24-15-22-17(3)25-27(18(22)4)20-9-7-6-8-10-20/h6-14,16H,15H2,1-5H3,(H,24,28). The van der Waals surface area contributed by atoms with E-state index in [2.05, 4.69) is 10.4 Å². The maximum absolute atomic E-state index is 12.6. The molecular weight excluding hydrogens is 412 g/mol. The molecule has 1 amide bonds. The first-order valence-electron chi connectivity index (χ1n) is 10.1. The number of carbonyl (C=O) groups is 1. The first-order valence-corrected chi connectivity index (χ1v) is 11.5. The highest BCUT2D eigenvalue weighted by Crippen LogP contribution is 2.19. The van der Waals surface area contributed by atoms with Crippen LogP contribution in [0.5, 0.6) is 0 Å². The second kappa shape index (κ2) is 9.03. The van der Waals surface area contributed by atoms with E-state index >= 15 is 0 Å². The van der Waals surface area contributed by atoms with Crippen LogP contribution in [0.2, 0.25) is 0 Å². The van der Waals surface area contributed by atoms with E-state index in [0.29, 0.717) is 12.1 Å². The van der Waals surface area contributed by atoms with E-state index in [0.717, 1.165) is 22.6 Å². The van der Waals surface area contributed by atoms with Crippen LogP contribution in [0.15, 0.2) is 59.5 Å². The molecule has 0 unspecified atom stereocenters. The van der Waals surface area contributed by atoms with Crippen LogP contribution in [0.1, 0.15) is 41.2 Å². The predicted octanol–water partition coefficient (Wildman–Crippen LogP) is 3.45. The van der Waals surface area contributed by atoms with Crippen molar-refractivity contribution in [3.05, 3.63) is 77.1 Å². The van der Waals surface area contributed by atoms with Gasteiger partial charge >= 0.3 is 0 Å². The third-order valence-corrected chi connectivity index (χ3v) is 7.44. The van der Waals surface area contributed by atoms with Crippen LogP contribution in [0, 0.1) is 13.8 Å². The number of carbonyl (C=O) groups excluding carboxylic acids is 1. The highest BCUT2D eigenvalue weighted by molar-refractivity contribution is 7.89. The SMILES string of the molecule is Cc1nn(-c2ccccc2)c(C)c1CNC(=O)c1ccc(S(=O)(=O)N(C)C(C)C)cc1. The topological polar surface area (TPSA) is 84.3 Å². The third kappa shape index (κ3) is 4.70. The molecule has 3 rings (SSSR count). The number of rotatable bonds is 7. The van der Waals surface area contributed by atoms with Crippen LogP contribution in [-0.4, -0.2) is 41.5 Å². The molecule has 1 N–H and O–H groups in total. The zero-order valence-electron chi connectivity index (χ0n) is 18.5. The van der Waals surface area contributed by atoms with Gasteiger partial charge in [-0.2, -0.15) is 9.40 Å². The van der Waals surface area contributed by atoms with E-state index in [-0.39, 0.29) is 16.8 Å². The number of aryl methyl sites for hydroxylation is 1. The Labute approximate surface area is 183 Å². The Balaban J connectivity index is 1.73. The lowest BCUT2D eigenvalue weighted by Crippen LogP contribution is -2.33. The van der Waals surface area contributed by atoms with Gasteiger partial charge in [0, 0.05) is 36.5 Å². The smallest absolute Gasteiger partial charge is 0.251 e. The molecule has 164 valence electrons. The first-order chi connectivity index (χ1) is 14.6. The summed E-state index contributed by atoms with van der Waals surface area (Å²) in [7, 11) is -2.04. The summed E-state index contributed by atoms with van der Waals surface area (Å²) in [5.41, 5.74) is 4.12. The number of hydrogen-bond acceptors (Lipinski definition) is 4. The molecule has 3 aromatic rings. The van der Waals surface area contributed by atoms with Crippen molar-refractivity contribution in [2.45, 2.75) is 45.2 Å². The van der Waals surface area contributed by atoms with Crippen LogP contribution in [-0.2, 0) is 16.6 Å². The van der Waals surface area contributed by atoms with E-state index in [1.54, 1.807) is 7.05 Å². The van der Waals surface area contributed by atoms with Crippen molar-refractivity contribution in [1.29, 1.82) is 0 Å². The fraction of sp³-hybridized carbons (Fsp3) is 0.304. The molecule has 0 aliphatic heterocycles. The van der Waals surface area contributed by atoms with Crippen molar-refractivity contribution in [2.75, 3.05) is 7.05 Å². The number of sulfonamides is 1. The van der Waals surface area contributed by atoms with Gasteiger partial charge < -0.3 is 5.32 Å². The van der Waals surface area contributed by atoms with Crippen LogP contribution < -0.4 is 5.32 Å². The first kappa shape index (κ1) is 22.7. The molecule has 0 aliphatic carbocycles. The summed E-state index contributed by atoms with van der Waals surface area (Å²) >= 11 is 0. The van der Waals surface area contributed by atoms with E-state index < -0.39 is 10.0 Å². The lowest BCUT2D eigenvalue weighted by Gasteiger charge is -2.21. The average molecular weight is 441 g/mol. The van der Waals surface area contributed by atoms with Crippen molar-refractivity contribution in [2.24, 2.45) is 0 Å². The Kier molecular flexibility index (Phi) is 6.62. The van der Waals surface area contributed by atoms with Crippen molar-refractivity contribution >= 4 is 15.9 Å². The van der Waals surface area contributed by atoms with Gasteiger partial charge in [0.2, 0.25) is 10.0 Å². The number of aromatic nitrogens is 2. The second-order valence-electron chi connectivity index (χ2n) is 7.72. The minimum atomic E-state index is -3.58. The Morgan fingerprint density at radius 1 is 1.06 bits per heavy atom. The van der Waals surface area contributed by atoms with Gasteiger partial charge in [0.05, 0.1) is 16.3 Å². The molecule has 1 heterocycles. The number of amides is 1. The molecule has 2 aromatic carbocycles. The molecular formula is C23H28N4O3S. The van der Waals surface area contributed by atoms with E-state index in [1.165, 1.54) is 28.6 Å². The van der Waals surface area contributed by atoms with Gasteiger partial charge in [-0.3, -0.25) is 4.79 Å². The van der Waals surface area contributed by atoms with Gasteiger partial charge in [-0.1, -0.05) is 18.2 Å². The molecule has 1 aromatic heterocycles.